The van der Waals surface area contributed by atoms with Gasteiger partial charge in [-0.1, -0.05) is 12.1 Å². The normalized spacial score (nSPS) is 14.5. The monoisotopic (exact) mass is 362 g/mol. The lowest BCUT2D eigenvalue weighted by Gasteiger charge is -2.17. The number of amides is 1. The van der Waals surface area contributed by atoms with Crippen molar-refractivity contribution >= 4 is 15.9 Å². The second-order valence-corrected chi connectivity index (χ2v) is 8.20. The van der Waals surface area contributed by atoms with E-state index < -0.39 is 15.8 Å². The summed E-state index contributed by atoms with van der Waals surface area (Å²) in [7, 11) is -2.24. The molecular formula is C18H19FN2O3S. The van der Waals surface area contributed by atoms with Crippen LogP contribution in [0.2, 0.25) is 0 Å². The third-order valence-electron chi connectivity index (χ3n) is 4.06. The molecule has 0 unspecified atom stereocenters. The summed E-state index contributed by atoms with van der Waals surface area (Å²) < 4.78 is 39.1. The first-order valence-corrected chi connectivity index (χ1v) is 9.42. The van der Waals surface area contributed by atoms with Gasteiger partial charge in [-0.2, -0.15) is 4.31 Å². The van der Waals surface area contributed by atoms with E-state index in [9.17, 15) is 17.6 Å². The Morgan fingerprint density at radius 3 is 2.28 bits per heavy atom. The number of hydrogen-bond donors (Lipinski definition) is 1. The number of nitrogens with one attached hydrogen (secondary N) is 1. The molecule has 25 heavy (non-hydrogen) atoms. The number of hydrogen-bond acceptors (Lipinski definition) is 3. The molecule has 0 bridgehead atoms. The lowest BCUT2D eigenvalue weighted by atomic mass is 10.1. The summed E-state index contributed by atoms with van der Waals surface area (Å²) in [5.74, 6) is -0.594. The van der Waals surface area contributed by atoms with Crippen LogP contribution in [0.15, 0.2) is 53.4 Å². The van der Waals surface area contributed by atoms with Crippen molar-refractivity contribution in [1.29, 1.82) is 0 Å². The number of carbonyl (C=O) groups is 1. The SMILES string of the molecule is CN(Cc1ccc(C(=O)NC2CC2)cc1)S(=O)(=O)c1ccc(F)cc1. The first-order valence-electron chi connectivity index (χ1n) is 7.98. The topological polar surface area (TPSA) is 66.5 Å². The van der Waals surface area contributed by atoms with Crippen molar-refractivity contribution in [2.24, 2.45) is 0 Å². The molecule has 1 N–H and O–H groups in total. The molecule has 0 saturated heterocycles. The van der Waals surface area contributed by atoms with Gasteiger partial charge < -0.3 is 5.32 Å². The highest BCUT2D eigenvalue weighted by atomic mass is 32.2. The van der Waals surface area contributed by atoms with Gasteiger partial charge in [0, 0.05) is 25.2 Å². The molecule has 5 nitrogen and oxygen atoms in total. The van der Waals surface area contributed by atoms with Gasteiger partial charge in [0.05, 0.1) is 4.90 Å². The summed E-state index contributed by atoms with van der Waals surface area (Å²) in [6.45, 7) is 0.157. The van der Waals surface area contributed by atoms with Crippen LogP contribution in [0.25, 0.3) is 0 Å². The minimum atomic E-state index is -3.70. The second kappa shape index (κ2) is 6.93. The van der Waals surface area contributed by atoms with E-state index in [4.69, 9.17) is 0 Å². The average molecular weight is 362 g/mol. The highest BCUT2D eigenvalue weighted by molar-refractivity contribution is 7.89. The van der Waals surface area contributed by atoms with Crippen molar-refractivity contribution in [3.63, 3.8) is 0 Å². The Balaban J connectivity index is 1.68. The van der Waals surface area contributed by atoms with Crippen molar-refractivity contribution in [3.05, 3.63) is 65.5 Å². The molecule has 2 aromatic rings. The molecule has 1 fully saturated rings. The fourth-order valence-electron chi connectivity index (χ4n) is 2.39. The summed E-state index contributed by atoms with van der Waals surface area (Å²) in [4.78, 5) is 12.0. The molecule has 2 aromatic carbocycles. The number of carbonyl (C=O) groups excluding carboxylic acids is 1. The first-order chi connectivity index (χ1) is 11.9. The molecule has 1 amide bonds. The van der Waals surface area contributed by atoms with Gasteiger partial charge in [-0.25, -0.2) is 12.8 Å². The summed E-state index contributed by atoms with van der Waals surface area (Å²) in [5, 5.41) is 2.90. The predicted octanol–water partition coefficient (Wildman–Crippen LogP) is 2.54. The Bertz CT molecular complexity index is 860. The van der Waals surface area contributed by atoms with E-state index in [0.29, 0.717) is 11.6 Å². The maximum absolute atomic E-state index is 13.0. The molecule has 0 heterocycles. The fourth-order valence-corrected chi connectivity index (χ4v) is 3.55. The minimum Gasteiger partial charge on any atom is -0.349 e. The van der Waals surface area contributed by atoms with Crippen LogP contribution in [0, 0.1) is 5.82 Å². The van der Waals surface area contributed by atoms with Crippen LogP contribution in [-0.2, 0) is 16.6 Å². The summed E-state index contributed by atoms with van der Waals surface area (Å²) in [6.07, 6.45) is 2.05. The standard InChI is InChI=1S/C18H19FN2O3S/c1-21(25(23,24)17-10-6-15(19)7-11-17)12-13-2-4-14(5-3-13)18(22)20-16-8-9-16/h2-7,10-11,16H,8-9,12H2,1H3,(H,20,22). The molecule has 1 aliphatic rings. The van der Waals surface area contributed by atoms with Gasteiger partial charge in [-0.05, 0) is 54.8 Å². The van der Waals surface area contributed by atoms with E-state index in [0.717, 1.165) is 30.5 Å². The van der Waals surface area contributed by atoms with Crippen LogP contribution < -0.4 is 5.32 Å². The largest absolute Gasteiger partial charge is 0.349 e. The molecule has 0 aliphatic heterocycles. The molecule has 1 aliphatic carbocycles. The molecule has 3 rings (SSSR count). The van der Waals surface area contributed by atoms with E-state index >= 15 is 0 Å². The smallest absolute Gasteiger partial charge is 0.251 e. The van der Waals surface area contributed by atoms with E-state index in [-0.39, 0.29) is 17.3 Å². The van der Waals surface area contributed by atoms with Crippen molar-refractivity contribution in [3.8, 4) is 0 Å². The average Bonchev–Trinajstić information content (AvgIpc) is 3.39. The highest BCUT2D eigenvalue weighted by Gasteiger charge is 2.24. The van der Waals surface area contributed by atoms with Crippen LogP contribution in [0.1, 0.15) is 28.8 Å². The van der Waals surface area contributed by atoms with Gasteiger partial charge in [-0.15, -0.1) is 0 Å². The molecular weight excluding hydrogens is 343 g/mol. The molecule has 0 radical (unpaired) electrons. The third kappa shape index (κ3) is 4.24. The third-order valence-corrected chi connectivity index (χ3v) is 5.87. The van der Waals surface area contributed by atoms with Crippen molar-refractivity contribution in [2.75, 3.05) is 7.05 Å². The molecule has 7 heteroatoms. The lowest BCUT2D eigenvalue weighted by molar-refractivity contribution is 0.0951. The van der Waals surface area contributed by atoms with Crippen LogP contribution in [0.3, 0.4) is 0 Å². The van der Waals surface area contributed by atoms with Crippen LogP contribution >= 0.6 is 0 Å². The summed E-state index contributed by atoms with van der Waals surface area (Å²) in [6, 6.07) is 11.9. The predicted molar refractivity (Wildman–Crippen MR) is 92.0 cm³/mol. The van der Waals surface area contributed by atoms with Crippen LogP contribution in [0.4, 0.5) is 4.39 Å². The number of nitrogens with zero attached hydrogens (tertiary/aromatic N) is 1. The van der Waals surface area contributed by atoms with Gasteiger partial charge in [0.25, 0.3) is 5.91 Å². The van der Waals surface area contributed by atoms with Gasteiger partial charge in [0.1, 0.15) is 5.82 Å². The van der Waals surface area contributed by atoms with E-state index in [1.54, 1.807) is 24.3 Å². The zero-order valence-corrected chi connectivity index (χ0v) is 14.6. The minimum absolute atomic E-state index is 0.0387. The second-order valence-electron chi connectivity index (χ2n) is 6.16. The van der Waals surface area contributed by atoms with Gasteiger partial charge >= 0.3 is 0 Å². The lowest BCUT2D eigenvalue weighted by Crippen LogP contribution is -2.27. The Morgan fingerprint density at radius 2 is 1.72 bits per heavy atom. The number of rotatable bonds is 6. The Morgan fingerprint density at radius 1 is 1.12 bits per heavy atom. The van der Waals surface area contributed by atoms with Gasteiger partial charge in [0.15, 0.2) is 0 Å². The van der Waals surface area contributed by atoms with Gasteiger partial charge in [0.2, 0.25) is 10.0 Å². The van der Waals surface area contributed by atoms with E-state index in [1.807, 2.05) is 0 Å². The number of benzene rings is 2. The Hall–Kier alpha value is -2.25. The van der Waals surface area contributed by atoms with Crippen LogP contribution in [0.5, 0.6) is 0 Å². The maximum Gasteiger partial charge on any atom is 0.251 e. The number of sulfonamides is 1. The molecule has 0 atom stereocenters. The van der Waals surface area contributed by atoms with Gasteiger partial charge in [-0.3, -0.25) is 4.79 Å². The number of halogens is 1. The highest BCUT2D eigenvalue weighted by Crippen LogP contribution is 2.20. The quantitative estimate of drug-likeness (QED) is 0.859. The Labute approximate surface area is 146 Å². The van der Waals surface area contributed by atoms with Crippen molar-refractivity contribution in [1.82, 2.24) is 9.62 Å². The van der Waals surface area contributed by atoms with E-state index in [2.05, 4.69) is 5.32 Å². The zero-order valence-electron chi connectivity index (χ0n) is 13.8. The molecule has 0 spiro atoms. The fraction of sp³-hybridized carbons (Fsp3) is 0.278. The molecule has 132 valence electrons. The molecule has 1 saturated carbocycles. The molecule has 0 aromatic heterocycles. The summed E-state index contributed by atoms with van der Waals surface area (Å²) >= 11 is 0. The Kier molecular flexibility index (Phi) is 4.87. The van der Waals surface area contributed by atoms with Crippen molar-refractivity contribution < 1.29 is 17.6 Å². The maximum atomic E-state index is 13.0. The van der Waals surface area contributed by atoms with Crippen molar-refractivity contribution in [2.45, 2.75) is 30.3 Å². The summed E-state index contributed by atoms with van der Waals surface area (Å²) in [5.41, 5.74) is 1.32. The zero-order chi connectivity index (χ0) is 18.0. The van der Waals surface area contributed by atoms with Crippen LogP contribution in [-0.4, -0.2) is 31.7 Å². The van der Waals surface area contributed by atoms with E-state index in [1.165, 1.54) is 23.5 Å². The first kappa shape index (κ1) is 17.6.